The van der Waals surface area contributed by atoms with E-state index in [-0.39, 0.29) is 43.3 Å². The maximum atomic E-state index is 13.2. The average Bonchev–Trinajstić information content (AvgIpc) is 3.54. The number of hydrogen-bond donors (Lipinski definition) is 4. The minimum absolute atomic E-state index is 0.0769. The van der Waals surface area contributed by atoms with Gasteiger partial charge < -0.3 is 30.3 Å². The van der Waals surface area contributed by atoms with Gasteiger partial charge in [0.25, 0.3) is 12.4 Å². The third kappa shape index (κ3) is 8.41. The number of benzene rings is 1. The van der Waals surface area contributed by atoms with E-state index in [0.29, 0.717) is 38.5 Å². The van der Waals surface area contributed by atoms with E-state index in [1.54, 1.807) is 45.0 Å². The second kappa shape index (κ2) is 14.8. The Morgan fingerprint density at radius 2 is 1.98 bits per heavy atom. The molecule has 0 aliphatic carbocycles. The van der Waals surface area contributed by atoms with Crippen molar-refractivity contribution >= 4 is 40.7 Å². The highest BCUT2D eigenvalue weighted by Crippen LogP contribution is 2.25. The number of thiazole rings is 1. The third-order valence-electron chi connectivity index (χ3n) is 6.09. The van der Waals surface area contributed by atoms with Gasteiger partial charge in [-0.3, -0.25) is 14.4 Å². The molecule has 13 nitrogen and oxygen atoms in total. The van der Waals surface area contributed by atoms with Gasteiger partial charge in [0.15, 0.2) is 5.13 Å². The summed E-state index contributed by atoms with van der Waals surface area (Å²) in [5.41, 5.74) is 1.60. The van der Waals surface area contributed by atoms with Crippen LogP contribution in [0.15, 0.2) is 28.8 Å². The van der Waals surface area contributed by atoms with Crippen LogP contribution in [0.1, 0.15) is 57.8 Å². The molecular formula is C26H32N6O7S. The summed E-state index contributed by atoms with van der Waals surface area (Å²) in [6.07, 6.45) is 1.75. The minimum Gasteiger partial charge on any atom is -0.483 e. The summed E-state index contributed by atoms with van der Waals surface area (Å²) in [4.78, 5) is 55.5. The van der Waals surface area contributed by atoms with Crippen LogP contribution >= 0.6 is 11.3 Å². The lowest BCUT2D eigenvalue weighted by molar-refractivity contribution is -0.123. The Balaban J connectivity index is 0.00000141. The van der Waals surface area contributed by atoms with Crippen LogP contribution in [0.2, 0.25) is 0 Å². The van der Waals surface area contributed by atoms with Gasteiger partial charge in [0, 0.05) is 30.5 Å². The van der Waals surface area contributed by atoms with Gasteiger partial charge in [-0.15, -0.1) is 0 Å². The number of hydrogen-bond acceptors (Lipinski definition) is 11. The lowest BCUT2D eigenvalue weighted by atomic mass is 9.88. The predicted octanol–water partition coefficient (Wildman–Crippen LogP) is 2.81. The molecule has 4 rings (SSSR count). The van der Waals surface area contributed by atoms with Crippen molar-refractivity contribution in [3.05, 3.63) is 46.3 Å². The largest absolute Gasteiger partial charge is 0.483 e. The fourth-order valence-electron chi connectivity index (χ4n) is 4.26. The number of nitrogens with zero attached hydrogens (tertiary/aromatic N) is 3. The summed E-state index contributed by atoms with van der Waals surface area (Å²) in [6, 6.07) is 6.60. The number of anilines is 1. The van der Waals surface area contributed by atoms with Crippen molar-refractivity contribution in [1.82, 2.24) is 25.8 Å². The Labute approximate surface area is 234 Å². The highest BCUT2D eigenvalue weighted by molar-refractivity contribution is 7.17. The summed E-state index contributed by atoms with van der Waals surface area (Å²) < 4.78 is 10.1. The SMILES string of the molecule is CCOC(=O)c1sc(NC(=O)CC(NC(=O)c2cccc(-c3noc(C)n3)c2)C2CCNCC2)nc1C.O=CO. The monoisotopic (exact) mass is 572 g/mol. The third-order valence-corrected chi connectivity index (χ3v) is 7.14. The molecule has 1 atom stereocenters. The molecule has 4 N–H and O–H groups in total. The highest BCUT2D eigenvalue weighted by atomic mass is 32.1. The molecule has 3 heterocycles. The van der Waals surface area contributed by atoms with Crippen molar-refractivity contribution in [2.75, 3.05) is 25.0 Å². The van der Waals surface area contributed by atoms with Crippen molar-refractivity contribution in [2.24, 2.45) is 5.92 Å². The first-order valence-corrected chi connectivity index (χ1v) is 13.5. The first-order valence-electron chi connectivity index (χ1n) is 12.7. The number of aryl methyl sites for hydroxylation is 2. The lowest BCUT2D eigenvalue weighted by Crippen LogP contribution is -2.46. The zero-order chi connectivity index (χ0) is 29.1. The number of piperidine rings is 1. The number of carbonyl (C=O) groups is 4. The Hall–Kier alpha value is -4.17. The zero-order valence-electron chi connectivity index (χ0n) is 22.4. The van der Waals surface area contributed by atoms with Crippen LogP contribution in [-0.4, -0.2) is 70.2 Å². The van der Waals surface area contributed by atoms with E-state index < -0.39 is 5.97 Å². The molecule has 214 valence electrons. The fourth-order valence-corrected chi connectivity index (χ4v) is 5.13. The molecule has 0 saturated carbocycles. The zero-order valence-corrected chi connectivity index (χ0v) is 23.2. The van der Waals surface area contributed by atoms with Gasteiger partial charge in [-0.1, -0.05) is 28.6 Å². The van der Waals surface area contributed by atoms with Gasteiger partial charge >= 0.3 is 5.97 Å². The Morgan fingerprint density at radius 3 is 2.62 bits per heavy atom. The Kier molecular flexibility index (Phi) is 11.3. The maximum absolute atomic E-state index is 13.2. The maximum Gasteiger partial charge on any atom is 0.350 e. The number of carboxylic acid groups (broad SMARTS) is 1. The molecule has 40 heavy (non-hydrogen) atoms. The van der Waals surface area contributed by atoms with E-state index >= 15 is 0 Å². The average molecular weight is 573 g/mol. The van der Waals surface area contributed by atoms with Crippen LogP contribution in [0.4, 0.5) is 5.13 Å². The molecule has 1 unspecified atom stereocenters. The van der Waals surface area contributed by atoms with Crippen LogP contribution in [0.3, 0.4) is 0 Å². The van der Waals surface area contributed by atoms with Crippen LogP contribution in [-0.2, 0) is 14.3 Å². The minimum atomic E-state index is -0.462. The number of amides is 2. The number of ether oxygens (including phenoxy) is 1. The van der Waals surface area contributed by atoms with Crippen LogP contribution in [0, 0.1) is 19.8 Å². The van der Waals surface area contributed by atoms with E-state index in [2.05, 4.69) is 31.1 Å². The van der Waals surface area contributed by atoms with Crippen molar-refractivity contribution in [1.29, 1.82) is 0 Å². The van der Waals surface area contributed by atoms with Gasteiger partial charge in [-0.2, -0.15) is 4.98 Å². The molecule has 1 saturated heterocycles. The summed E-state index contributed by atoms with van der Waals surface area (Å²) >= 11 is 1.08. The highest BCUT2D eigenvalue weighted by Gasteiger charge is 2.28. The quantitative estimate of drug-likeness (QED) is 0.218. The molecular weight excluding hydrogens is 540 g/mol. The van der Waals surface area contributed by atoms with E-state index in [1.165, 1.54) is 0 Å². The summed E-state index contributed by atoms with van der Waals surface area (Å²) in [5, 5.41) is 20.3. The molecule has 1 aliphatic rings. The van der Waals surface area contributed by atoms with Gasteiger partial charge in [0.1, 0.15) is 4.88 Å². The van der Waals surface area contributed by atoms with Gasteiger partial charge in [-0.25, -0.2) is 9.78 Å². The van der Waals surface area contributed by atoms with Crippen LogP contribution < -0.4 is 16.0 Å². The number of aromatic nitrogens is 3. The Morgan fingerprint density at radius 1 is 1.25 bits per heavy atom. The molecule has 3 aromatic rings. The van der Waals surface area contributed by atoms with E-state index in [9.17, 15) is 14.4 Å². The number of esters is 1. The standard InChI is InChI=1S/C25H30N6O5S.CH2O2/c1-4-35-24(34)21-14(2)27-25(37-21)30-20(32)13-19(16-8-10-26-11-9-16)29-23(33)18-7-5-6-17(12-18)22-28-15(3)36-31-22;2-1-3/h5-7,12,16,19,26H,4,8-11,13H2,1-3H3,(H,29,33)(H,27,30,32);1H,(H,2,3). The summed E-state index contributed by atoms with van der Waals surface area (Å²) in [6.45, 7) is 6.77. The predicted molar refractivity (Wildman–Crippen MR) is 146 cm³/mol. The Bertz CT molecular complexity index is 1320. The summed E-state index contributed by atoms with van der Waals surface area (Å²) in [7, 11) is 0. The van der Waals surface area contributed by atoms with Crippen molar-refractivity contribution in [3.63, 3.8) is 0 Å². The normalized spacial score (nSPS) is 13.9. The van der Waals surface area contributed by atoms with Gasteiger partial charge in [0.2, 0.25) is 17.6 Å². The molecule has 0 spiro atoms. The smallest absolute Gasteiger partial charge is 0.350 e. The molecule has 2 amide bonds. The number of nitrogens with one attached hydrogen (secondary N) is 3. The molecule has 2 aromatic heterocycles. The van der Waals surface area contributed by atoms with Crippen molar-refractivity contribution in [3.8, 4) is 11.4 Å². The first-order chi connectivity index (χ1) is 19.2. The van der Waals surface area contributed by atoms with Crippen molar-refractivity contribution in [2.45, 2.75) is 46.1 Å². The molecule has 1 aliphatic heterocycles. The van der Waals surface area contributed by atoms with Gasteiger partial charge in [-0.05, 0) is 57.8 Å². The first kappa shape index (κ1) is 30.4. The fraction of sp³-hybridized carbons (Fsp3) is 0.423. The molecule has 1 fully saturated rings. The van der Waals surface area contributed by atoms with Gasteiger partial charge in [0.05, 0.1) is 12.3 Å². The lowest BCUT2D eigenvalue weighted by Gasteiger charge is -2.31. The molecule has 1 aromatic carbocycles. The van der Waals surface area contributed by atoms with E-state index in [1.807, 2.05) is 0 Å². The molecule has 14 heteroatoms. The molecule has 0 radical (unpaired) electrons. The topological polar surface area (TPSA) is 186 Å². The van der Waals surface area contributed by atoms with Crippen molar-refractivity contribution < 1.29 is 33.5 Å². The second-order valence-electron chi connectivity index (χ2n) is 8.90. The number of rotatable bonds is 9. The molecule has 0 bridgehead atoms. The number of carbonyl (C=O) groups excluding carboxylic acids is 3. The van der Waals surface area contributed by atoms with E-state index in [4.69, 9.17) is 19.2 Å². The van der Waals surface area contributed by atoms with Crippen LogP contribution in [0.5, 0.6) is 0 Å². The van der Waals surface area contributed by atoms with E-state index in [0.717, 1.165) is 37.3 Å². The second-order valence-corrected chi connectivity index (χ2v) is 9.90. The van der Waals surface area contributed by atoms with Crippen LogP contribution in [0.25, 0.3) is 11.4 Å². The summed E-state index contributed by atoms with van der Waals surface area (Å²) in [5.74, 6) is -0.0609.